The first-order valence-electron chi connectivity index (χ1n) is 10.1. The van der Waals surface area contributed by atoms with Crippen molar-refractivity contribution in [3.8, 4) is 11.3 Å². The summed E-state index contributed by atoms with van der Waals surface area (Å²) in [5, 5.41) is 0. The Morgan fingerprint density at radius 3 is 2.66 bits per heavy atom. The Morgan fingerprint density at radius 1 is 1.10 bits per heavy atom. The number of hydrogen-bond acceptors (Lipinski definition) is 3. The highest BCUT2D eigenvalue weighted by Gasteiger charge is 2.27. The second-order valence-electron chi connectivity index (χ2n) is 7.98. The van der Waals surface area contributed by atoms with Crippen LogP contribution in [0.3, 0.4) is 0 Å². The standard InChI is InChI=1S/C23H24FN5/c1-16(2)29-21-9-11-27(13-17-4-3-10-25-12-17)15-22(21)28-14-20(26-23(28)29)18-5-7-19(24)8-6-18/h3-8,10,12,14,16H,9,11,13,15H2,1-2H3. The Hall–Kier alpha value is -2.99. The number of rotatable bonds is 4. The van der Waals surface area contributed by atoms with Crippen LogP contribution in [0, 0.1) is 5.82 Å². The van der Waals surface area contributed by atoms with Crippen molar-refractivity contribution in [1.29, 1.82) is 0 Å². The van der Waals surface area contributed by atoms with Crippen molar-refractivity contribution in [3.63, 3.8) is 0 Å². The lowest BCUT2D eigenvalue weighted by atomic mass is 10.1. The normalized spacial score (nSPS) is 14.6. The molecule has 0 radical (unpaired) electrons. The summed E-state index contributed by atoms with van der Waals surface area (Å²) in [7, 11) is 0. The van der Waals surface area contributed by atoms with E-state index in [1.165, 1.54) is 29.1 Å². The van der Waals surface area contributed by atoms with Crippen molar-refractivity contribution < 1.29 is 4.39 Å². The molecule has 0 bridgehead atoms. The van der Waals surface area contributed by atoms with Crippen molar-refractivity contribution >= 4 is 5.78 Å². The number of nitrogens with zero attached hydrogens (tertiary/aromatic N) is 5. The first kappa shape index (κ1) is 18.1. The molecule has 1 aromatic carbocycles. The minimum absolute atomic E-state index is 0.229. The van der Waals surface area contributed by atoms with Crippen LogP contribution in [0.1, 0.15) is 36.8 Å². The van der Waals surface area contributed by atoms with E-state index in [9.17, 15) is 4.39 Å². The van der Waals surface area contributed by atoms with E-state index in [2.05, 4.69) is 45.0 Å². The number of pyridine rings is 1. The van der Waals surface area contributed by atoms with E-state index in [1.807, 2.05) is 18.5 Å². The molecule has 3 aromatic heterocycles. The molecule has 0 saturated carbocycles. The topological polar surface area (TPSA) is 38.4 Å². The van der Waals surface area contributed by atoms with E-state index in [1.54, 1.807) is 12.1 Å². The van der Waals surface area contributed by atoms with Gasteiger partial charge in [0.2, 0.25) is 5.78 Å². The number of halogens is 1. The van der Waals surface area contributed by atoms with E-state index in [-0.39, 0.29) is 5.82 Å². The predicted octanol–water partition coefficient (Wildman–Crippen LogP) is 4.48. The second-order valence-corrected chi connectivity index (χ2v) is 7.98. The molecule has 0 atom stereocenters. The first-order valence-corrected chi connectivity index (χ1v) is 10.1. The summed E-state index contributed by atoms with van der Waals surface area (Å²) in [6.45, 7) is 7.19. The first-order chi connectivity index (χ1) is 14.1. The molecular formula is C23H24FN5. The van der Waals surface area contributed by atoms with E-state index >= 15 is 0 Å². The van der Waals surface area contributed by atoms with Gasteiger partial charge in [-0.25, -0.2) is 9.37 Å². The third-order valence-electron chi connectivity index (χ3n) is 5.64. The molecule has 0 unspecified atom stereocenters. The smallest absolute Gasteiger partial charge is 0.215 e. The Bertz CT molecular complexity index is 1140. The molecule has 4 heterocycles. The summed E-state index contributed by atoms with van der Waals surface area (Å²) in [6, 6.07) is 11.0. The summed E-state index contributed by atoms with van der Waals surface area (Å²) in [4.78, 5) is 11.6. The number of hydrogen-bond donors (Lipinski definition) is 0. The Balaban J connectivity index is 1.54. The molecule has 0 fully saturated rings. The molecule has 5 rings (SSSR count). The lowest BCUT2D eigenvalue weighted by Gasteiger charge is -2.28. The molecule has 5 nitrogen and oxygen atoms in total. The molecule has 1 aliphatic heterocycles. The largest absolute Gasteiger partial charge is 0.311 e. The van der Waals surface area contributed by atoms with E-state index in [0.29, 0.717) is 6.04 Å². The molecule has 0 amide bonds. The van der Waals surface area contributed by atoms with Crippen LogP contribution in [-0.2, 0) is 19.5 Å². The van der Waals surface area contributed by atoms with Crippen molar-refractivity contribution in [1.82, 2.24) is 23.8 Å². The van der Waals surface area contributed by atoms with Gasteiger partial charge >= 0.3 is 0 Å². The van der Waals surface area contributed by atoms with Gasteiger partial charge in [-0.1, -0.05) is 6.07 Å². The van der Waals surface area contributed by atoms with Crippen molar-refractivity contribution in [2.45, 2.75) is 39.4 Å². The summed E-state index contributed by atoms with van der Waals surface area (Å²) in [6.07, 6.45) is 6.84. The zero-order chi connectivity index (χ0) is 20.0. The Labute approximate surface area is 169 Å². The minimum atomic E-state index is -0.229. The van der Waals surface area contributed by atoms with Gasteiger partial charge < -0.3 is 4.57 Å². The van der Waals surface area contributed by atoms with Crippen LogP contribution in [0.25, 0.3) is 17.0 Å². The highest BCUT2D eigenvalue weighted by molar-refractivity contribution is 5.62. The van der Waals surface area contributed by atoms with E-state index in [4.69, 9.17) is 4.98 Å². The van der Waals surface area contributed by atoms with Crippen molar-refractivity contribution in [3.05, 3.63) is 77.8 Å². The van der Waals surface area contributed by atoms with Crippen LogP contribution in [-0.4, -0.2) is 30.4 Å². The van der Waals surface area contributed by atoms with E-state index in [0.717, 1.165) is 43.1 Å². The zero-order valence-corrected chi connectivity index (χ0v) is 16.7. The molecule has 0 saturated heterocycles. The fraction of sp³-hybridized carbons (Fsp3) is 0.304. The van der Waals surface area contributed by atoms with Crippen molar-refractivity contribution in [2.24, 2.45) is 0 Å². The van der Waals surface area contributed by atoms with Gasteiger partial charge in [0.15, 0.2) is 0 Å². The molecule has 1 aliphatic rings. The van der Waals surface area contributed by atoms with Crippen LogP contribution in [0.5, 0.6) is 0 Å². The number of benzene rings is 1. The van der Waals surface area contributed by atoms with Crippen LogP contribution >= 0.6 is 0 Å². The molecule has 0 N–H and O–H groups in total. The summed E-state index contributed by atoms with van der Waals surface area (Å²) in [5.41, 5.74) is 5.71. The maximum Gasteiger partial charge on any atom is 0.215 e. The fourth-order valence-corrected chi connectivity index (χ4v) is 4.31. The third kappa shape index (κ3) is 3.23. The minimum Gasteiger partial charge on any atom is -0.311 e. The third-order valence-corrected chi connectivity index (χ3v) is 5.64. The van der Waals surface area contributed by atoms with Gasteiger partial charge in [-0.2, -0.15) is 0 Å². The van der Waals surface area contributed by atoms with Crippen LogP contribution in [0.15, 0.2) is 55.0 Å². The highest BCUT2D eigenvalue weighted by atomic mass is 19.1. The van der Waals surface area contributed by atoms with Crippen LogP contribution in [0.2, 0.25) is 0 Å². The monoisotopic (exact) mass is 389 g/mol. The number of aromatic nitrogens is 4. The molecule has 29 heavy (non-hydrogen) atoms. The molecule has 4 aromatic rings. The fourth-order valence-electron chi connectivity index (χ4n) is 4.31. The lowest BCUT2D eigenvalue weighted by Crippen LogP contribution is -2.31. The quantitative estimate of drug-likeness (QED) is 0.517. The van der Waals surface area contributed by atoms with E-state index < -0.39 is 0 Å². The van der Waals surface area contributed by atoms with Gasteiger partial charge in [0.05, 0.1) is 11.4 Å². The van der Waals surface area contributed by atoms with Gasteiger partial charge in [0, 0.05) is 61.9 Å². The molecule has 148 valence electrons. The highest BCUT2D eigenvalue weighted by Crippen LogP contribution is 2.30. The van der Waals surface area contributed by atoms with Gasteiger partial charge in [-0.05, 0) is 49.7 Å². The Kier molecular flexibility index (Phi) is 4.43. The average Bonchev–Trinajstić information content (AvgIpc) is 3.26. The molecule has 0 aliphatic carbocycles. The van der Waals surface area contributed by atoms with Gasteiger partial charge in [-0.15, -0.1) is 0 Å². The van der Waals surface area contributed by atoms with Gasteiger partial charge in [0.25, 0.3) is 0 Å². The maximum absolute atomic E-state index is 13.3. The lowest BCUT2D eigenvalue weighted by molar-refractivity contribution is 0.237. The number of imidazole rings is 2. The maximum atomic E-state index is 13.3. The van der Waals surface area contributed by atoms with Gasteiger partial charge in [0.1, 0.15) is 5.82 Å². The second kappa shape index (κ2) is 7.12. The average molecular weight is 389 g/mol. The van der Waals surface area contributed by atoms with Crippen molar-refractivity contribution in [2.75, 3.05) is 6.54 Å². The Morgan fingerprint density at radius 2 is 1.93 bits per heavy atom. The zero-order valence-electron chi connectivity index (χ0n) is 16.7. The summed E-state index contributed by atoms with van der Waals surface area (Å²) < 4.78 is 17.9. The summed E-state index contributed by atoms with van der Waals surface area (Å²) in [5.74, 6) is 0.736. The van der Waals surface area contributed by atoms with Gasteiger partial charge in [-0.3, -0.25) is 14.3 Å². The molecule has 0 spiro atoms. The molecular weight excluding hydrogens is 365 g/mol. The van der Waals surface area contributed by atoms with Crippen LogP contribution in [0.4, 0.5) is 4.39 Å². The predicted molar refractivity (Wildman–Crippen MR) is 111 cm³/mol. The number of fused-ring (bicyclic) bond motifs is 3. The molecule has 6 heteroatoms. The summed E-state index contributed by atoms with van der Waals surface area (Å²) >= 11 is 0. The SMILES string of the molecule is CC(C)n1c2c(n3cc(-c4ccc(F)cc4)nc13)CN(Cc1cccnc1)CC2. The van der Waals surface area contributed by atoms with Crippen LogP contribution < -0.4 is 0 Å².